The molecule has 0 amide bonds. The van der Waals surface area contributed by atoms with Gasteiger partial charge in [-0.3, -0.25) is 4.98 Å². The van der Waals surface area contributed by atoms with Gasteiger partial charge in [0, 0.05) is 17.4 Å². The summed E-state index contributed by atoms with van der Waals surface area (Å²) >= 11 is 4.95. The van der Waals surface area contributed by atoms with E-state index in [0.29, 0.717) is 22.5 Å². The summed E-state index contributed by atoms with van der Waals surface area (Å²) in [5.74, 6) is -0.263. The molecule has 18 heavy (non-hydrogen) atoms. The molecule has 0 atom stereocenters. The van der Waals surface area contributed by atoms with Crippen molar-refractivity contribution in [1.29, 1.82) is 0 Å². The number of benzene rings is 1. The van der Waals surface area contributed by atoms with E-state index in [9.17, 15) is 4.39 Å². The molecule has 0 aliphatic heterocycles. The predicted molar refractivity (Wildman–Crippen MR) is 74.5 cm³/mol. The van der Waals surface area contributed by atoms with Crippen molar-refractivity contribution in [2.75, 3.05) is 5.32 Å². The van der Waals surface area contributed by atoms with E-state index in [1.54, 1.807) is 37.5 Å². The lowest BCUT2D eigenvalue weighted by molar-refractivity contribution is 0.619. The minimum Gasteiger partial charge on any atom is -0.389 e. The van der Waals surface area contributed by atoms with E-state index >= 15 is 0 Å². The molecule has 0 saturated carbocycles. The second-order valence-electron chi connectivity index (χ2n) is 3.87. The van der Waals surface area contributed by atoms with Crippen LogP contribution >= 0.6 is 12.2 Å². The van der Waals surface area contributed by atoms with Crippen molar-refractivity contribution in [2.45, 2.75) is 6.92 Å². The first kappa shape index (κ1) is 12.4. The predicted octanol–water partition coefficient (Wildman–Crippen LogP) is 2.91. The SMILES string of the molecule is Cc1ccc(Nc2cnccc2C(N)=S)cc1F. The van der Waals surface area contributed by atoms with Crippen LogP contribution in [0, 0.1) is 12.7 Å². The maximum atomic E-state index is 13.4. The van der Waals surface area contributed by atoms with Gasteiger partial charge in [0.05, 0.1) is 11.9 Å². The highest BCUT2D eigenvalue weighted by Gasteiger charge is 2.06. The van der Waals surface area contributed by atoms with Crippen LogP contribution in [0.1, 0.15) is 11.1 Å². The molecule has 0 bridgehead atoms. The minimum atomic E-state index is -0.263. The van der Waals surface area contributed by atoms with Crippen molar-refractivity contribution in [3.05, 3.63) is 53.6 Å². The Bertz CT molecular complexity index is 599. The van der Waals surface area contributed by atoms with Crippen LogP contribution in [-0.4, -0.2) is 9.97 Å². The Hall–Kier alpha value is -2.01. The van der Waals surface area contributed by atoms with Crippen molar-refractivity contribution in [2.24, 2.45) is 5.73 Å². The molecule has 92 valence electrons. The second-order valence-corrected chi connectivity index (χ2v) is 4.31. The zero-order valence-electron chi connectivity index (χ0n) is 9.77. The van der Waals surface area contributed by atoms with E-state index in [0.717, 1.165) is 0 Å². The monoisotopic (exact) mass is 261 g/mol. The third kappa shape index (κ3) is 2.62. The van der Waals surface area contributed by atoms with Gasteiger partial charge < -0.3 is 11.1 Å². The Morgan fingerprint density at radius 1 is 1.39 bits per heavy atom. The number of halogens is 1. The summed E-state index contributed by atoms with van der Waals surface area (Å²) in [6, 6.07) is 6.63. The first-order valence-corrected chi connectivity index (χ1v) is 5.76. The molecule has 2 rings (SSSR count). The number of nitrogens with one attached hydrogen (secondary N) is 1. The normalized spacial score (nSPS) is 10.1. The third-order valence-electron chi connectivity index (χ3n) is 2.54. The number of rotatable bonds is 3. The van der Waals surface area contributed by atoms with Gasteiger partial charge in [0.15, 0.2) is 0 Å². The number of nitrogens with two attached hydrogens (primary N) is 1. The fourth-order valence-electron chi connectivity index (χ4n) is 1.54. The maximum Gasteiger partial charge on any atom is 0.128 e. The number of aryl methyl sites for hydroxylation is 1. The molecule has 3 nitrogen and oxygen atoms in total. The van der Waals surface area contributed by atoms with Gasteiger partial charge in [0.25, 0.3) is 0 Å². The van der Waals surface area contributed by atoms with Crippen molar-refractivity contribution in [3.8, 4) is 0 Å². The first-order chi connectivity index (χ1) is 8.58. The zero-order valence-corrected chi connectivity index (χ0v) is 10.6. The lowest BCUT2D eigenvalue weighted by atomic mass is 10.2. The summed E-state index contributed by atoms with van der Waals surface area (Å²) < 4.78 is 13.4. The molecular weight excluding hydrogens is 249 g/mol. The van der Waals surface area contributed by atoms with Crippen LogP contribution in [0.5, 0.6) is 0 Å². The molecule has 0 aliphatic rings. The lowest BCUT2D eigenvalue weighted by Gasteiger charge is -2.11. The quantitative estimate of drug-likeness (QED) is 0.834. The van der Waals surface area contributed by atoms with Gasteiger partial charge in [-0.05, 0) is 30.7 Å². The van der Waals surface area contributed by atoms with Gasteiger partial charge in [0.1, 0.15) is 10.8 Å². The molecule has 0 spiro atoms. The Labute approximate surface area is 110 Å². The van der Waals surface area contributed by atoms with Crippen LogP contribution in [0.2, 0.25) is 0 Å². The number of hydrogen-bond acceptors (Lipinski definition) is 3. The molecule has 0 unspecified atom stereocenters. The van der Waals surface area contributed by atoms with Crippen molar-refractivity contribution >= 4 is 28.6 Å². The Balaban J connectivity index is 2.34. The second kappa shape index (κ2) is 5.10. The smallest absolute Gasteiger partial charge is 0.128 e. The van der Waals surface area contributed by atoms with Gasteiger partial charge >= 0.3 is 0 Å². The Morgan fingerprint density at radius 3 is 2.83 bits per heavy atom. The highest BCUT2D eigenvalue weighted by molar-refractivity contribution is 7.80. The van der Waals surface area contributed by atoms with E-state index in [-0.39, 0.29) is 10.8 Å². The van der Waals surface area contributed by atoms with Crippen LogP contribution in [0.15, 0.2) is 36.7 Å². The average Bonchev–Trinajstić information content (AvgIpc) is 2.34. The number of nitrogens with zero attached hydrogens (tertiary/aromatic N) is 1. The van der Waals surface area contributed by atoms with Gasteiger partial charge in [0.2, 0.25) is 0 Å². The molecule has 5 heteroatoms. The van der Waals surface area contributed by atoms with E-state index in [1.807, 2.05) is 0 Å². The molecule has 1 heterocycles. The van der Waals surface area contributed by atoms with Gasteiger partial charge in [-0.1, -0.05) is 18.3 Å². The standard InChI is InChI=1S/C13H12FN3S/c1-8-2-3-9(6-11(8)14)17-12-7-16-5-4-10(12)13(15)18/h2-7,17H,1H3,(H2,15,18). The highest BCUT2D eigenvalue weighted by atomic mass is 32.1. The summed E-state index contributed by atoms with van der Waals surface area (Å²) in [4.78, 5) is 4.26. The van der Waals surface area contributed by atoms with Crippen LogP contribution in [0.25, 0.3) is 0 Å². The highest BCUT2D eigenvalue weighted by Crippen LogP contribution is 2.21. The van der Waals surface area contributed by atoms with Crippen molar-refractivity contribution in [1.82, 2.24) is 4.98 Å². The van der Waals surface area contributed by atoms with Crippen molar-refractivity contribution < 1.29 is 4.39 Å². The summed E-state index contributed by atoms with van der Waals surface area (Å²) in [6.45, 7) is 1.71. The average molecular weight is 261 g/mol. The van der Waals surface area contributed by atoms with Crippen molar-refractivity contribution in [3.63, 3.8) is 0 Å². The van der Waals surface area contributed by atoms with Gasteiger partial charge in [-0.15, -0.1) is 0 Å². The first-order valence-electron chi connectivity index (χ1n) is 5.35. The minimum absolute atomic E-state index is 0.263. The molecule has 2 aromatic rings. The number of anilines is 2. The van der Waals surface area contributed by atoms with E-state index in [2.05, 4.69) is 10.3 Å². The molecule has 0 fully saturated rings. The van der Waals surface area contributed by atoms with Gasteiger partial charge in [-0.2, -0.15) is 0 Å². The fourth-order valence-corrected chi connectivity index (χ4v) is 1.71. The number of aromatic nitrogens is 1. The molecule has 0 aliphatic carbocycles. The Morgan fingerprint density at radius 2 is 2.17 bits per heavy atom. The van der Waals surface area contributed by atoms with E-state index in [4.69, 9.17) is 18.0 Å². The molecule has 1 aromatic heterocycles. The van der Waals surface area contributed by atoms with Crippen LogP contribution < -0.4 is 11.1 Å². The number of thiocarbonyl (C=S) groups is 1. The lowest BCUT2D eigenvalue weighted by Crippen LogP contribution is -2.12. The summed E-state index contributed by atoms with van der Waals surface area (Å²) in [5.41, 5.74) is 8.18. The molecule has 0 saturated heterocycles. The largest absolute Gasteiger partial charge is 0.389 e. The molecule has 0 radical (unpaired) electrons. The third-order valence-corrected chi connectivity index (χ3v) is 2.76. The molecule has 1 aromatic carbocycles. The van der Waals surface area contributed by atoms with Crippen LogP contribution in [0.3, 0.4) is 0 Å². The fraction of sp³-hybridized carbons (Fsp3) is 0.0769. The molecule has 3 N–H and O–H groups in total. The zero-order chi connectivity index (χ0) is 13.1. The summed E-state index contributed by atoms with van der Waals surface area (Å²) in [6.07, 6.45) is 3.21. The van der Waals surface area contributed by atoms with Crippen LogP contribution in [-0.2, 0) is 0 Å². The van der Waals surface area contributed by atoms with E-state index in [1.165, 1.54) is 6.07 Å². The Kier molecular flexibility index (Phi) is 3.53. The summed E-state index contributed by atoms with van der Waals surface area (Å²) in [7, 11) is 0. The van der Waals surface area contributed by atoms with Gasteiger partial charge in [-0.25, -0.2) is 4.39 Å². The molecular formula is C13H12FN3S. The topological polar surface area (TPSA) is 50.9 Å². The maximum absolute atomic E-state index is 13.4. The van der Waals surface area contributed by atoms with E-state index < -0.39 is 0 Å². The summed E-state index contributed by atoms with van der Waals surface area (Å²) in [5, 5.41) is 3.05. The van der Waals surface area contributed by atoms with Crippen LogP contribution in [0.4, 0.5) is 15.8 Å². The number of pyridine rings is 1. The number of hydrogen-bond donors (Lipinski definition) is 2.